The van der Waals surface area contributed by atoms with Crippen molar-refractivity contribution in [3.63, 3.8) is 0 Å². The lowest BCUT2D eigenvalue weighted by Crippen LogP contribution is -2.26. The number of hydrogen-bond acceptors (Lipinski definition) is 4. The van der Waals surface area contributed by atoms with Crippen LogP contribution in [0.1, 0.15) is 0 Å². The number of nitrogens with zero attached hydrogens (tertiary/aromatic N) is 3. The fourth-order valence-corrected chi connectivity index (χ4v) is 1.16. The Balaban J connectivity index is 2.16. The molecule has 84 valence electrons. The summed E-state index contributed by atoms with van der Waals surface area (Å²) in [5, 5.41) is 14.0. The molecule has 2 aromatic heterocycles. The smallest absolute Gasteiger partial charge is 0.221 e. The minimum Gasteiger partial charge on any atom is -0.447 e. The van der Waals surface area contributed by atoms with E-state index in [0.717, 1.165) is 5.69 Å². The summed E-state index contributed by atoms with van der Waals surface area (Å²) in [4.78, 5) is 8.02. The summed E-state index contributed by atoms with van der Waals surface area (Å²) in [5.41, 5.74) is 0.723. The van der Waals surface area contributed by atoms with E-state index >= 15 is 0 Å². The molecule has 2 N–H and O–H groups in total. The molecule has 0 radical (unpaired) electrons. The zero-order valence-electron chi connectivity index (χ0n) is 8.79. The number of nitriles is 1. The predicted molar refractivity (Wildman–Crippen MR) is 62.4 cm³/mol. The summed E-state index contributed by atoms with van der Waals surface area (Å²) in [6.45, 7) is 0. The van der Waals surface area contributed by atoms with Gasteiger partial charge in [0.2, 0.25) is 11.8 Å². The first-order valence-electron chi connectivity index (χ1n) is 4.83. The molecule has 2 rings (SSSR count). The molecule has 0 saturated heterocycles. The Morgan fingerprint density at radius 1 is 1.41 bits per heavy atom. The van der Waals surface area contributed by atoms with Crippen LogP contribution in [0, 0.1) is 11.5 Å². The molecular weight excluding hydrogens is 218 g/mol. The van der Waals surface area contributed by atoms with Crippen LogP contribution in [0.15, 0.2) is 52.3 Å². The number of nitrogens with one attached hydrogen (secondary N) is 2. The number of guanidine groups is 1. The highest BCUT2D eigenvalue weighted by Gasteiger charge is 2.00. The van der Waals surface area contributed by atoms with E-state index in [1.54, 1.807) is 36.8 Å². The number of hydrogen-bond donors (Lipinski definition) is 2. The lowest BCUT2D eigenvalue weighted by atomic mass is 10.4. The molecule has 6 nitrogen and oxygen atoms in total. The van der Waals surface area contributed by atoms with Gasteiger partial charge in [-0.05, 0) is 18.2 Å². The van der Waals surface area contributed by atoms with Gasteiger partial charge in [0.05, 0.1) is 18.1 Å². The van der Waals surface area contributed by atoms with E-state index < -0.39 is 0 Å². The van der Waals surface area contributed by atoms with Gasteiger partial charge in [0, 0.05) is 12.3 Å². The number of aromatic nitrogens is 1. The summed E-state index contributed by atoms with van der Waals surface area (Å²) >= 11 is 0. The van der Waals surface area contributed by atoms with Crippen molar-refractivity contribution in [2.75, 3.05) is 5.32 Å². The maximum absolute atomic E-state index is 8.62. The van der Waals surface area contributed by atoms with Crippen LogP contribution in [-0.4, -0.2) is 10.9 Å². The van der Waals surface area contributed by atoms with Crippen molar-refractivity contribution >= 4 is 17.5 Å². The highest BCUT2D eigenvalue weighted by molar-refractivity contribution is 5.95. The Morgan fingerprint density at radius 2 is 2.35 bits per heavy atom. The van der Waals surface area contributed by atoms with E-state index in [4.69, 9.17) is 9.68 Å². The van der Waals surface area contributed by atoms with Crippen molar-refractivity contribution < 1.29 is 4.42 Å². The Hall–Kier alpha value is -2.81. The molecule has 6 heteroatoms. The molecule has 0 fully saturated rings. The van der Waals surface area contributed by atoms with Crippen molar-refractivity contribution in [2.45, 2.75) is 0 Å². The molecule has 0 unspecified atom stereocenters. The fourth-order valence-electron chi connectivity index (χ4n) is 1.16. The van der Waals surface area contributed by atoms with Crippen molar-refractivity contribution in [3.05, 3.63) is 42.9 Å². The van der Waals surface area contributed by atoms with Gasteiger partial charge in [-0.3, -0.25) is 10.3 Å². The fraction of sp³-hybridized carbons (Fsp3) is 0. The molecule has 0 aliphatic carbocycles. The quantitative estimate of drug-likeness (QED) is 0.354. The average Bonchev–Trinajstić information content (AvgIpc) is 2.83. The summed E-state index contributed by atoms with van der Waals surface area (Å²) in [7, 11) is 0. The molecule has 0 atom stereocenters. The predicted octanol–water partition coefficient (Wildman–Crippen LogP) is 1.84. The zero-order chi connectivity index (χ0) is 11.9. The van der Waals surface area contributed by atoms with E-state index in [-0.39, 0.29) is 5.96 Å². The molecule has 0 spiro atoms. The van der Waals surface area contributed by atoms with Crippen molar-refractivity contribution in [3.8, 4) is 6.19 Å². The zero-order valence-corrected chi connectivity index (χ0v) is 8.79. The lowest BCUT2D eigenvalue weighted by Gasteiger charge is -2.05. The number of aliphatic imine (C=N–C) groups is 1. The normalized spacial score (nSPS) is 10.6. The van der Waals surface area contributed by atoms with Gasteiger partial charge in [-0.15, -0.1) is 0 Å². The number of furan rings is 1. The highest BCUT2D eigenvalue weighted by atomic mass is 16.3. The molecular formula is C11H9N5O. The second-order valence-corrected chi connectivity index (χ2v) is 3.02. The van der Waals surface area contributed by atoms with Crippen molar-refractivity contribution in [2.24, 2.45) is 4.99 Å². The number of pyridine rings is 1. The van der Waals surface area contributed by atoms with Crippen LogP contribution in [-0.2, 0) is 0 Å². The van der Waals surface area contributed by atoms with E-state index in [2.05, 4.69) is 20.6 Å². The molecule has 0 bridgehead atoms. The van der Waals surface area contributed by atoms with Crippen LogP contribution >= 0.6 is 0 Å². The van der Waals surface area contributed by atoms with Gasteiger partial charge in [0.15, 0.2) is 6.19 Å². The van der Waals surface area contributed by atoms with E-state index in [9.17, 15) is 0 Å². The van der Waals surface area contributed by atoms with Crippen LogP contribution in [0.2, 0.25) is 0 Å². The summed E-state index contributed by atoms with van der Waals surface area (Å²) in [6, 6.07) is 6.99. The van der Waals surface area contributed by atoms with Crippen LogP contribution < -0.4 is 10.6 Å². The third kappa shape index (κ3) is 3.07. The minimum absolute atomic E-state index is 0.274. The molecule has 0 aromatic carbocycles. The molecule has 0 aliphatic heterocycles. The van der Waals surface area contributed by atoms with Crippen molar-refractivity contribution in [1.29, 1.82) is 5.26 Å². The van der Waals surface area contributed by atoms with Gasteiger partial charge in [-0.2, -0.15) is 10.3 Å². The largest absolute Gasteiger partial charge is 0.447 e. The Bertz CT molecular complexity index is 527. The van der Waals surface area contributed by atoms with Gasteiger partial charge < -0.3 is 9.73 Å². The number of rotatable bonds is 2. The van der Waals surface area contributed by atoms with Gasteiger partial charge in [0.1, 0.15) is 0 Å². The molecule has 0 amide bonds. The highest BCUT2D eigenvalue weighted by Crippen LogP contribution is 2.12. The Morgan fingerprint density at radius 3 is 3.00 bits per heavy atom. The molecule has 2 aromatic rings. The van der Waals surface area contributed by atoms with Gasteiger partial charge in [-0.25, -0.2) is 0 Å². The number of anilines is 1. The third-order valence-electron chi connectivity index (χ3n) is 1.83. The molecule has 0 saturated carbocycles. The Labute approximate surface area is 97.6 Å². The topological polar surface area (TPSA) is 86.2 Å². The maximum Gasteiger partial charge on any atom is 0.221 e. The van der Waals surface area contributed by atoms with Gasteiger partial charge in [0.25, 0.3) is 0 Å². The monoisotopic (exact) mass is 227 g/mol. The third-order valence-corrected chi connectivity index (χ3v) is 1.83. The van der Waals surface area contributed by atoms with E-state index in [1.165, 1.54) is 6.26 Å². The minimum atomic E-state index is 0.274. The molecule has 0 aliphatic rings. The second kappa shape index (κ2) is 5.32. The summed E-state index contributed by atoms with van der Waals surface area (Å²) in [6.07, 6.45) is 6.58. The first-order valence-corrected chi connectivity index (χ1v) is 4.83. The first kappa shape index (κ1) is 10.7. The molecule has 2 heterocycles. The van der Waals surface area contributed by atoms with Crippen LogP contribution in [0.3, 0.4) is 0 Å². The van der Waals surface area contributed by atoms with E-state index in [1.807, 2.05) is 6.07 Å². The second-order valence-electron chi connectivity index (χ2n) is 3.02. The van der Waals surface area contributed by atoms with Gasteiger partial charge >= 0.3 is 0 Å². The summed E-state index contributed by atoms with van der Waals surface area (Å²) in [5.74, 6) is 0.676. The first-order chi connectivity index (χ1) is 8.38. The van der Waals surface area contributed by atoms with Crippen LogP contribution in [0.25, 0.3) is 0 Å². The molecule has 17 heavy (non-hydrogen) atoms. The Kier molecular flexibility index (Phi) is 3.35. The summed E-state index contributed by atoms with van der Waals surface area (Å²) < 4.78 is 5.06. The maximum atomic E-state index is 8.62. The standard InChI is InChI=1S/C11H9N5O/c12-8-14-11(16-10-4-2-6-17-10)15-9-3-1-5-13-7-9/h1-7H,(H2,14,15,16). The van der Waals surface area contributed by atoms with Gasteiger partial charge in [-0.1, -0.05) is 0 Å². The van der Waals surface area contributed by atoms with Crippen LogP contribution in [0.4, 0.5) is 11.6 Å². The van der Waals surface area contributed by atoms with Crippen LogP contribution in [0.5, 0.6) is 0 Å². The van der Waals surface area contributed by atoms with E-state index in [0.29, 0.717) is 5.88 Å². The van der Waals surface area contributed by atoms with Crippen molar-refractivity contribution in [1.82, 2.24) is 10.3 Å². The average molecular weight is 227 g/mol. The SMILES string of the molecule is N#CN/C(=N/c1ccco1)Nc1cccnc1. The lowest BCUT2D eigenvalue weighted by molar-refractivity contribution is 0.577.